The maximum Gasteiger partial charge on any atom is 0.416 e. The third-order valence-electron chi connectivity index (χ3n) is 4.93. The first-order chi connectivity index (χ1) is 14.1. The zero-order chi connectivity index (χ0) is 21.6. The Hall–Kier alpha value is -2.94. The molecular weight excluding hydrogens is 415 g/mol. The summed E-state index contributed by atoms with van der Waals surface area (Å²) < 4.78 is 52.6. The van der Waals surface area contributed by atoms with Gasteiger partial charge in [0, 0.05) is 21.9 Å². The average Bonchev–Trinajstić information content (AvgIpc) is 3.18. The lowest BCUT2D eigenvalue weighted by Gasteiger charge is -2.14. The van der Waals surface area contributed by atoms with E-state index >= 15 is 0 Å². The van der Waals surface area contributed by atoms with Gasteiger partial charge >= 0.3 is 6.18 Å². The lowest BCUT2D eigenvalue weighted by atomic mass is 10.1. The van der Waals surface area contributed by atoms with E-state index in [9.17, 15) is 22.2 Å². The van der Waals surface area contributed by atoms with Gasteiger partial charge in [-0.3, -0.25) is 9.00 Å². The van der Waals surface area contributed by atoms with Crippen molar-refractivity contribution in [2.24, 2.45) is 0 Å². The molecule has 1 aliphatic rings. The SMILES string of the molecule is Cc1ccc(-n2nc3c(c2NC(=O)c2cccc(C(F)(F)F)c2)C[S@@](=O)C3)c(C)c1. The highest BCUT2D eigenvalue weighted by molar-refractivity contribution is 7.83. The van der Waals surface area contributed by atoms with Crippen LogP contribution in [0.1, 0.15) is 38.3 Å². The molecule has 0 spiro atoms. The second kappa shape index (κ2) is 7.39. The van der Waals surface area contributed by atoms with E-state index in [2.05, 4.69) is 10.4 Å². The van der Waals surface area contributed by atoms with Gasteiger partial charge in [0.15, 0.2) is 0 Å². The Morgan fingerprint density at radius 2 is 1.90 bits per heavy atom. The smallest absolute Gasteiger partial charge is 0.306 e. The van der Waals surface area contributed by atoms with Crippen molar-refractivity contribution in [2.75, 3.05) is 5.32 Å². The zero-order valence-corrected chi connectivity index (χ0v) is 17.0. The van der Waals surface area contributed by atoms with Crippen LogP contribution in [0.25, 0.3) is 5.69 Å². The molecule has 0 aliphatic carbocycles. The minimum absolute atomic E-state index is 0.119. The summed E-state index contributed by atoms with van der Waals surface area (Å²) in [7, 11) is -1.12. The number of nitrogens with one attached hydrogen (secondary N) is 1. The van der Waals surface area contributed by atoms with Gasteiger partial charge in [0.2, 0.25) is 0 Å². The van der Waals surface area contributed by atoms with E-state index in [4.69, 9.17) is 0 Å². The molecule has 1 N–H and O–H groups in total. The van der Waals surface area contributed by atoms with Crippen molar-refractivity contribution in [2.45, 2.75) is 31.5 Å². The Morgan fingerprint density at radius 1 is 1.13 bits per heavy atom. The molecule has 0 radical (unpaired) electrons. The second-order valence-corrected chi connectivity index (χ2v) is 8.69. The number of hydrogen-bond acceptors (Lipinski definition) is 3. The maximum absolute atomic E-state index is 13.0. The third-order valence-corrected chi connectivity index (χ3v) is 6.14. The van der Waals surface area contributed by atoms with Gasteiger partial charge in [0.1, 0.15) is 5.82 Å². The molecule has 1 amide bonds. The molecule has 0 fully saturated rings. The lowest BCUT2D eigenvalue weighted by molar-refractivity contribution is -0.137. The Morgan fingerprint density at radius 3 is 2.60 bits per heavy atom. The van der Waals surface area contributed by atoms with Gasteiger partial charge in [0.25, 0.3) is 5.91 Å². The summed E-state index contributed by atoms with van der Waals surface area (Å²) in [5.74, 6) is 0.163. The molecule has 30 heavy (non-hydrogen) atoms. The van der Waals surface area contributed by atoms with E-state index in [1.807, 2.05) is 32.0 Å². The van der Waals surface area contributed by atoms with Crippen LogP contribution in [0.15, 0.2) is 42.5 Å². The van der Waals surface area contributed by atoms with Crippen LogP contribution in [0.5, 0.6) is 0 Å². The van der Waals surface area contributed by atoms with Crippen molar-refractivity contribution < 1.29 is 22.2 Å². The zero-order valence-electron chi connectivity index (χ0n) is 16.2. The number of anilines is 1. The standard InChI is InChI=1S/C21H18F3N3O2S/c1-12-6-7-18(13(2)8-12)27-19(16-10-30(29)11-17(16)26-27)25-20(28)14-4-3-5-15(9-14)21(22,23)24/h3-9H,10-11H2,1-2H3,(H,25,28)/t30-/m1/s1. The number of carbonyl (C=O) groups excluding carboxylic acids is 1. The van der Waals surface area contributed by atoms with Crippen molar-refractivity contribution in [3.05, 3.63) is 76.0 Å². The number of halogens is 3. The van der Waals surface area contributed by atoms with E-state index < -0.39 is 28.4 Å². The number of nitrogens with zero attached hydrogens (tertiary/aromatic N) is 2. The predicted molar refractivity (Wildman–Crippen MR) is 108 cm³/mol. The quantitative estimate of drug-likeness (QED) is 0.661. The van der Waals surface area contributed by atoms with Gasteiger partial charge in [-0.2, -0.15) is 18.3 Å². The molecule has 2 aromatic carbocycles. The average molecular weight is 433 g/mol. The number of amides is 1. The summed E-state index contributed by atoms with van der Waals surface area (Å²) in [6, 6.07) is 9.98. The molecule has 0 bridgehead atoms. The summed E-state index contributed by atoms with van der Waals surface area (Å²) >= 11 is 0. The third kappa shape index (κ3) is 3.77. The summed E-state index contributed by atoms with van der Waals surface area (Å²) in [5.41, 5.74) is 2.97. The monoisotopic (exact) mass is 433 g/mol. The highest BCUT2D eigenvalue weighted by atomic mass is 32.2. The molecule has 1 atom stereocenters. The first kappa shape index (κ1) is 20.3. The molecular formula is C21H18F3N3O2S. The van der Waals surface area contributed by atoms with Gasteiger partial charge < -0.3 is 5.32 Å². The predicted octanol–water partition coefficient (Wildman–Crippen LogP) is 4.52. The van der Waals surface area contributed by atoms with E-state index in [-0.39, 0.29) is 17.1 Å². The second-order valence-electron chi connectivity index (χ2n) is 7.24. The van der Waals surface area contributed by atoms with Gasteiger partial charge in [-0.05, 0) is 43.7 Å². The molecule has 4 rings (SSSR count). The van der Waals surface area contributed by atoms with Crippen molar-refractivity contribution in [3.8, 4) is 5.69 Å². The van der Waals surface area contributed by atoms with Crippen molar-refractivity contribution >= 4 is 22.5 Å². The highest BCUT2D eigenvalue weighted by Crippen LogP contribution is 2.33. The van der Waals surface area contributed by atoms with Crippen LogP contribution in [-0.4, -0.2) is 19.9 Å². The maximum atomic E-state index is 13.0. The van der Waals surface area contributed by atoms with E-state index in [0.717, 1.165) is 28.9 Å². The highest BCUT2D eigenvalue weighted by Gasteiger charge is 2.32. The van der Waals surface area contributed by atoms with Gasteiger partial charge in [0.05, 0.1) is 28.5 Å². The fraction of sp³-hybridized carbons (Fsp3) is 0.238. The van der Waals surface area contributed by atoms with E-state index in [1.165, 1.54) is 12.1 Å². The molecule has 0 unspecified atom stereocenters. The number of hydrogen-bond donors (Lipinski definition) is 1. The summed E-state index contributed by atoms with van der Waals surface area (Å²) in [6.45, 7) is 3.87. The fourth-order valence-corrected chi connectivity index (χ4v) is 4.75. The number of rotatable bonds is 3. The topological polar surface area (TPSA) is 64.0 Å². The molecule has 0 saturated carbocycles. The Kier molecular flexibility index (Phi) is 5.01. The van der Waals surface area contributed by atoms with Crippen LogP contribution < -0.4 is 5.32 Å². The lowest BCUT2D eigenvalue weighted by Crippen LogP contribution is -2.18. The minimum atomic E-state index is -4.55. The minimum Gasteiger partial charge on any atom is -0.306 e. The van der Waals surface area contributed by atoms with Crippen LogP contribution in [0.3, 0.4) is 0 Å². The molecule has 1 aliphatic heterocycles. The van der Waals surface area contributed by atoms with Crippen LogP contribution in [0.4, 0.5) is 19.0 Å². The number of fused-ring (bicyclic) bond motifs is 1. The van der Waals surface area contributed by atoms with E-state index in [1.54, 1.807) is 4.68 Å². The van der Waals surface area contributed by atoms with E-state index in [0.29, 0.717) is 17.1 Å². The molecule has 2 heterocycles. The Balaban J connectivity index is 1.75. The van der Waals surface area contributed by atoms with Crippen LogP contribution in [0, 0.1) is 13.8 Å². The first-order valence-electron chi connectivity index (χ1n) is 9.15. The largest absolute Gasteiger partial charge is 0.416 e. The first-order valence-corrected chi connectivity index (χ1v) is 10.6. The molecule has 3 aromatic rings. The molecule has 156 valence electrons. The van der Waals surface area contributed by atoms with Crippen molar-refractivity contribution in [1.82, 2.24) is 9.78 Å². The molecule has 0 saturated heterocycles. The van der Waals surface area contributed by atoms with Gasteiger partial charge in [-0.25, -0.2) is 4.68 Å². The Labute approximate surface area is 173 Å². The molecule has 5 nitrogen and oxygen atoms in total. The van der Waals surface area contributed by atoms with Crippen LogP contribution >= 0.6 is 0 Å². The number of aromatic nitrogens is 2. The Bertz CT molecular complexity index is 1180. The number of carbonyl (C=O) groups is 1. The molecule has 1 aromatic heterocycles. The summed E-state index contributed by atoms with van der Waals surface area (Å²) in [4.78, 5) is 12.8. The van der Waals surface area contributed by atoms with Gasteiger partial charge in [-0.1, -0.05) is 23.8 Å². The summed E-state index contributed by atoms with van der Waals surface area (Å²) in [6.07, 6.45) is -4.55. The molecule has 9 heteroatoms. The number of benzene rings is 2. The van der Waals surface area contributed by atoms with Crippen LogP contribution in [-0.2, 0) is 28.5 Å². The normalized spacial score (nSPS) is 15.8. The van der Waals surface area contributed by atoms with Gasteiger partial charge in [-0.15, -0.1) is 0 Å². The van der Waals surface area contributed by atoms with Crippen molar-refractivity contribution in [1.29, 1.82) is 0 Å². The number of aryl methyl sites for hydroxylation is 2. The summed E-state index contributed by atoms with van der Waals surface area (Å²) in [5, 5.41) is 7.24. The van der Waals surface area contributed by atoms with Crippen LogP contribution in [0.2, 0.25) is 0 Å². The number of alkyl halides is 3. The fourth-order valence-electron chi connectivity index (χ4n) is 3.49. The van der Waals surface area contributed by atoms with Crippen molar-refractivity contribution in [3.63, 3.8) is 0 Å².